The summed E-state index contributed by atoms with van der Waals surface area (Å²) in [6.45, 7) is -0.548. The molecule has 1 aromatic carbocycles. The molecule has 2 rings (SSSR count). The van der Waals surface area contributed by atoms with Crippen molar-refractivity contribution < 1.29 is 35.1 Å². The minimum atomic E-state index is -1.46. The summed E-state index contributed by atoms with van der Waals surface area (Å²) in [6.07, 6.45) is -5.54. The maximum Gasteiger partial charge on any atom is 0.163 e. The van der Waals surface area contributed by atoms with Gasteiger partial charge in [0.1, 0.15) is 18.0 Å². The van der Waals surface area contributed by atoms with Crippen LogP contribution in [0.4, 0.5) is 0 Å². The first-order valence-corrected chi connectivity index (χ1v) is 6.56. The van der Waals surface area contributed by atoms with Crippen LogP contribution in [0.25, 0.3) is 0 Å². The number of Topliss-reactive ketones (excluding diaryl/α,β-unsaturated/α-hetero) is 1. The van der Waals surface area contributed by atoms with E-state index in [0.29, 0.717) is 5.56 Å². The zero-order valence-electron chi connectivity index (χ0n) is 11.2. The Bertz CT molecular complexity index is 487. The standard InChI is InChI=1S/C14H18O7/c15-6-11-13(19)12(18)9(14(20)21-11)5-10(17)7-1-3-8(16)4-2-7/h1-4,9,11-16,18-20H,5-6H2/t9-,11-,12-,13-,14?/m1/s1. The molecule has 21 heavy (non-hydrogen) atoms. The Morgan fingerprint density at radius 2 is 1.71 bits per heavy atom. The minimum Gasteiger partial charge on any atom is -0.508 e. The summed E-state index contributed by atoms with van der Waals surface area (Å²) >= 11 is 0. The fourth-order valence-electron chi connectivity index (χ4n) is 2.35. The van der Waals surface area contributed by atoms with Crippen LogP contribution in [-0.4, -0.2) is 62.5 Å². The quantitative estimate of drug-likeness (QED) is 0.452. The molecule has 1 aliphatic rings. The molecule has 0 bridgehead atoms. The van der Waals surface area contributed by atoms with Crippen molar-refractivity contribution in [1.82, 2.24) is 0 Å². The van der Waals surface area contributed by atoms with E-state index in [4.69, 9.17) is 14.9 Å². The Kier molecular flexibility index (Phi) is 4.92. The summed E-state index contributed by atoms with van der Waals surface area (Å²) in [7, 11) is 0. The number of aliphatic hydroxyl groups is 4. The van der Waals surface area contributed by atoms with E-state index in [2.05, 4.69) is 0 Å². The third-order valence-corrected chi connectivity index (χ3v) is 3.64. The monoisotopic (exact) mass is 298 g/mol. The van der Waals surface area contributed by atoms with Gasteiger partial charge >= 0.3 is 0 Å². The summed E-state index contributed by atoms with van der Waals surface area (Å²) in [4.78, 5) is 12.1. The summed E-state index contributed by atoms with van der Waals surface area (Å²) in [5, 5.41) is 47.7. The highest BCUT2D eigenvalue weighted by molar-refractivity contribution is 5.96. The average molecular weight is 298 g/mol. The molecule has 5 atom stereocenters. The largest absolute Gasteiger partial charge is 0.508 e. The van der Waals surface area contributed by atoms with Gasteiger partial charge in [0.25, 0.3) is 0 Å². The van der Waals surface area contributed by atoms with E-state index in [0.717, 1.165) is 0 Å². The number of hydrogen-bond donors (Lipinski definition) is 5. The second-order valence-corrected chi connectivity index (χ2v) is 5.07. The van der Waals surface area contributed by atoms with E-state index in [1.807, 2.05) is 0 Å². The number of ketones is 1. The van der Waals surface area contributed by atoms with Gasteiger partial charge in [-0.25, -0.2) is 0 Å². The van der Waals surface area contributed by atoms with Crippen molar-refractivity contribution in [2.24, 2.45) is 5.92 Å². The van der Waals surface area contributed by atoms with Crippen LogP contribution in [0, 0.1) is 5.92 Å². The maximum atomic E-state index is 12.1. The van der Waals surface area contributed by atoms with Gasteiger partial charge < -0.3 is 30.3 Å². The lowest BCUT2D eigenvalue weighted by Gasteiger charge is -2.39. The summed E-state index contributed by atoms with van der Waals surface area (Å²) in [5.41, 5.74) is 0.311. The lowest BCUT2D eigenvalue weighted by atomic mass is 9.86. The molecule has 0 amide bonds. The zero-order chi connectivity index (χ0) is 15.6. The summed E-state index contributed by atoms with van der Waals surface area (Å²) < 4.78 is 4.99. The molecule has 0 aromatic heterocycles. The first-order valence-electron chi connectivity index (χ1n) is 6.56. The van der Waals surface area contributed by atoms with E-state index < -0.39 is 37.1 Å². The fraction of sp³-hybridized carbons (Fsp3) is 0.500. The van der Waals surface area contributed by atoms with E-state index in [1.165, 1.54) is 24.3 Å². The topological polar surface area (TPSA) is 127 Å². The Hall–Kier alpha value is -1.51. The number of rotatable bonds is 4. The second kappa shape index (κ2) is 6.50. The normalized spacial score (nSPS) is 32.9. The number of benzene rings is 1. The van der Waals surface area contributed by atoms with Gasteiger partial charge in [-0.15, -0.1) is 0 Å². The van der Waals surface area contributed by atoms with Crippen LogP contribution in [0.5, 0.6) is 5.75 Å². The number of phenolic OH excluding ortho intramolecular Hbond substituents is 1. The first-order chi connectivity index (χ1) is 9.93. The SMILES string of the molecule is O=C(C[C@H]1C(O)O[C@H](CO)[C@@H](O)[C@@H]1O)c1ccc(O)cc1. The van der Waals surface area contributed by atoms with Gasteiger partial charge in [0.2, 0.25) is 0 Å². The van der Waals surface area contributed by atoms with Crippen LogP contribution in [0.15, 0.2) is 24.3 Å². The number of hydrogen-bond acceptors (Lipinski definition) is 7. The van der Waals surface area contributed by atoms with Gasteiger partial charge in [0.05, 0.1) is 12.7 Å². The van der Waals surface area contributed by atoms with Crippen LogP contribution >= 0.6 is 0 Å². The van der Waals surface area contributed by atoms with Crippen LogP contribution in [0.2, 0.25) is 0 Å². The van der Waals surface area contributed by atoms with Crippen LogP contribution < -0.4 is 0 Å². The predicted molar refractivity (Wildman–Crippen MR) is 70.5 cm³/mol. The minimum absolute atomic E-state index is 0.0221. The van der Waals surface area contributed by atoms with Crippen molar-refractivity contribution in [3.8, 4) is 5.75 Å². The van der Waals surface area contributed by atoms with Gasteiger partial charge in [0.15, 0.2) is 12.1 Å². The molecular formula is C14H18O7. The lowest BCUT2D eigenvalue weighted by molar-refractivity contribution is -0.268. The van der Waals surface area contributed by atoms with Gasteiger partial charge in [-0.1, -0.05) is 0 Å². The van der Waals surface area contributed by atoms with E-state index in [1.54, 1.807) is 0 Å². The van der Waals surface area contributed by atoms with Gasteiger partial charge in [-0.3, -0.25) is 4.79 Å². The van der Waals surface area contributed by atoms with Gasteiger partial charge in [-0.05, 0) is 24.3 Å². The molecule has 0 saturated carbocycles. The summed E-state index contributed by atoms with van der Waals surface area (Å²) in [5.74, 6) is -1.34. The Labute approximate surface area is 121 Å². The second-order valence-electron chi connectivity index (χ2n) is 5.07. The zero-order valence-corrected chi connectivity index (χ0v) is 11.2. The molecule has 116 valence electrons. The Balaban J connectivity index is 2.07. The number of carbonyl (C=O) groups excluding carboxylic acids is 1. The number of carbonyl (C=O) groups is 1. The van der Waals surface area contributed by atoms with E-state index in [-0.39, 0.29) is 18.0 Å². The van der Waals surface area contributed by atoms with Crippen molar-refractivity contribution in [2.75, 3.05) is 6.61 Å². The maximum absolute atomic E-state index is 12.1. The molecule has 1 fully saturated rings. The van der Waals surface area contributed by atoms with Crippen LogP contribution in [0.3, 0.4) is 0 Å². The highest BCUT2D eigenvalue weighted by Crippen LogP contribution is 2.28. The molecule has 1 saturated heterocycles. The highest BCUT2D eigenvalue weighted by Gasteiger charge is 2.44. The molecule has 7 nitrogen and oxygen atoms in total. The third-order valence-electron chi connectivity index (χ3n) is 3.64. The number of ether oxygens (including phenoxy) is 1. The predicted octanol–water partition coefficient (Wildman–Crippen LogP) is -0.988. The lowest BCUT2D eigenvalue weighted by Crippen LogP contribution is -2.56. The van der Waals surface area contributed by atoms with Crippen molar-refractivity contribution in [2.45, 2.75) is 31.0 Å². The first kappa shape index (κ1) is 15.9. The molecule has 0 aliphatic carbocycles. The molecule has 0 radical (unpaired) electrons. The van der Waals surface area contributed by atoms with Crippen molar-refractivity contribution in [1.29, 1.82) is 0 Å². The Morgan fingerprint density at radius 1 is 1.10 bits per heavy atom. The van der Waals surface area contributed by atoms with Crippen LogP contribution in [-0.2, 0) is 4.74 Å². The molecule has 1 aliphatic heterocycles. The molecule has 1 aromatic rings. The van der Waals surface area contributed by atoms with E-state index >= 15 is 0 Å². The molecule has 7 heteroatoms. The van der Waals surface area contributed by atoms with Gasteiger partial charge in [0, 0.05) is 17.9 Å². The smallest absolute Gasteiger partial charge is 0.163 e. The van der Waals surface area contributed by atoms with E-state index in [9.17, 15) is 20.1 Å². The summed E-state index contributed by atoms with van der Waals surface area (Å²) in [6, 6.07) is 5.56. The number of aromatic hydroxyl groups is 1. The van der Waals surface area contributed by atoms with Gasteiger partial charge in [-0.2, -0.15) is 0 Å². The van der Waals surface area contributed by atoms with Crippen molar-refractivity contribution >= 4 is 5.78 Å². The third kappa shape index (κ3) is 3.39. The number of phenols is 1. The molecule has 0 spiro atoms. The van der Waals surface area contributed by atoms with Crippen molar-refractivity contribution in [3.63, 3.8) is 0 Å². The highest BCUT2D eigenvalue weighted by atomic mass is 16.6. The van der Waals surface area contributed by atoms with Crippen LogP contribution in [0.1, 0.15) is 16.8 Å². The molecule has 1 heterocycles. The number of aliphatic hydroxyl groups excluding tert-OH is 4. The Morgan fingerprint density at radius 3 is 2.29 bits per heavy atom. The van der Waals surface area contributed by atoms with Crippen molar-refractivity contribution in [3.05, 3.63) is 29.8 Å². The molecule has 1 unspecified atom stereocenters. The molecule has 5 N–H and O–H groups in total. The molecular weight excluding hydrogens is 280 g/mol. The average Bonchev–Trinajstić information content (AvgIpc) is 2.47. The fourth-order valence-corrected chi connectivity index (χ4v) is 2.35.